The summed E-state index contributed by atoms with van der Waals surface area (Å²) in [5.41, 5.74) is 0.614. The zero-order valence-corrected chi connectivity index (χ0v) is 11.1. The largest absolute Gasteiger partial charge is 0.313 e. The average Bonchev–Trinajstić information content (AvgIpc) is 2.68. The molecular weight excluding hydrogens is 182 g/mol. The standard InChI is InChI=1S/C14H29N/c1-5-11-15-13(12(3)4)14(6-2)9-7-8-10-14/h12-13,15H,5-11H2,1-4H3. The van der Waals surface area contributed by atoms with Crippen molar-refractivity contribution >= 4 is 0 Å². The molecule has 90 valence electrons. The van der Waals surface area contributed by atoms with E-state index in [-0.39, 0.29) is 0 Å². The third kappa shape index (κ3) is 2.96. The predicted octanol–water partition coefficient (Wildman–Crippen LogP) is 3.98. The SMILES string of the molecule is CCCNC(C(C)C)C1(CC)CCCC1. The molecule has 0 radical (unpaired) electrons. The molecule has 0 bridgehead atoms. The average molecular weight is 211 g/mol. The van der Waals surface area contributed by atoms with E-state index in [2.05, 4.69) is 33.0 Å². The third-order valence-electron chi connectivity index (χ3n) is 4.24. The molecule has 1 aliphatic rings. The second kappa shape index (κ2) is 5.89. The highest BCUT2D eigenvalue weighted by Crippen LogP contribution is 2.45. The van der Waals surface area contributed by atoms with Gasteiger partial charge < -0.3 is 5.32 Å². The Balaban J connectivity index is 2.66. The third-order valence-corrected chi connectivity index (χ3v) is 4.24. The summed E-state index contributed by atoms with van der Waals surface area (Å²) >= 11 is 0. The van der Waals surface area contributed by atoms with Gasteiger partial charge in [-0.3, -0.25) is 0 Å². The maximum absolute atomic E-state index is 3.80. The molecule has 0 aromatic carbocycles. The zero-order chi connectivity index (χ0) is 11.3. The molecule has 1 nitrogen and oxygen atoms in total. The highest BCUT2D eigenvalue weighted by molar-refractivity contribution is 4.95. The molecular formula is C14H29N. The summed E-state index contributed by atoms with van der Waals surface area (Å²) in [6.45, 7) is 10.6. The molecule has 0 aromatic heterocycles. The monoisotopic (exact) mass is 211 g/mol. The van der Waals surface area contributed by atoms with Gasteiger partial charge >= 0.3 is 0 Å². The summed E-state index contributed by atoms with van der Waals surface area (Å²) in [5.74, 6) is 0.773. The van der Waals surface area contributed by atoms with E-state index in [1.807, 2.05) is 0 Å². The number of nitrogens with one attached hydrogen (secondary N) is 1. The van der Waals surface area contributed by atoms with Gasteiger partial charge in [-0.05, 0) is 43.6 Å². The molecule has 1 aliphatic carbocycles. The first-order valence-electron chi connectivity index (χ1n) is 6.89. The number of rotatable bonds is 6. The molecule has 1 fully saturated rings. The van der Waals surface area contributed by atoms with Gasteiger partial charge in [-0.2, -0.15) is 0 Å². The normalized spacial score (nSPS) is 22.2. The molecule has 0 heterocycles. The van der Waals surface area contributed by atoms with Crippen LogP contribution in [-0.2, 0) is 0 Å². The lowest BCUT2D eigenvalue weighted by molar-refractivity contribution is 0.146. The molecule has 0 aromatic rings. The Labute approximate surface area is 96.0 Å². The van der Waals surface area contributed by atoms with Gasteiger partial charge in [0.15, 0.2) is 0 Å². The highest BCUT2D eigenvalue weighted by atomic mass is 14.9. The van der Waals surface area contributed by atoms with Crippen LogP contribution in [-0.4, -0.2) is 12.6 Å². The minimum atomic E-state index is 0.614. The van der Waals surface area contributed by atoms with Crippen LogP contribution in [0, 0.1) is 11.3 Å². The number of hydrogen-bond acceptors (Lipinski definition) is 1. The predicted molar refractivity (Wildman–Crippen MR) is 68.1 cm³/mol. The summed E-state index contributed by atoms with van der Waals surface area (Å²) in [5, 5.41) is 3.80. The van der Waals surface area contributed by atoms with Crippen LogP contribution in [0.5, 0.6) is 0 Å². The van der Waals surface area contributed by atoms with Gasteiger partial charge in [0.1, 0.15) is 0 Å². The van der Waals surface area contributed by atoms with Crippen molar-refractivity contribution in [2.24, 2.45) is 11.3 Å². The van der Waals surface area contributed by atoms with E-state index in [0.29, 0.717) is 5.41 Å². The first-order chi connectivity index (χ1) is 7.16. The van der Waals surface area contributed by atoms with Crippen LogP contribution in [0.4, 0.5) is 0 Å². The van der Waals surface area contributed by atoms with E-state index < -0.39 is 0 Å². The van der Waals surface area contributed by atoms with Crippen molar-refractivity contribution in [3.05, 3.63) is 0 Å². The Hall–Kier alpha value is -0.0400. The first-order valence-corrected chi connectivity index (χ1v) is 6.89. The van der Waals surface area contributed by atoms with Crippen molar-refractivity contribution in [1.29, 1.82) is 0 Å². The van der Waals surface area contributed by atoms with Gasteiger partial charge in [0.2, 0.25) is 0 Å². The van der Waals surface area contributed by atoms with Crippen LogP contribution < -0.4 is 5.32 Å². The first kappa shape index (κ1) is 13.0. The van der Waals surface area contributed by atoms with E-state index in [1.54, 1.807) is 0 Å². The van der Waals surface area contributed by atoms with Gasteiger partial charge in [0, 0.05) is 6.04 Å². The van der Waals surface area contributed by atoms with Gasteiger partial charge in [-0.25, -0.2) is 0 Å². The van der Waals surface area contributed by atoms with Crippen LogP contribution in [0.15, 0.2) is 0 Å². The molecule has 1 unspecified atom stereocenters. The highest BCUT2D eigenvalue weighted by Gasteiger charge is 2.40. The van der Waals surface area contributed by atoms with Crippen molar-refractivity contribution in [3.63, 3.8) is 0 Å². The summed E-state index contributed by atoms with van der Waals surface area (Å²) in [4.78, 5) is 0. The summed E-state index contributed by atoms with van der Waals surface area (Å²) in [6.07, 6.45) is 8.40. The van der Waals surface area contributed by atoms with Crippen LogP contribution in [0.2, 0.25) is 0 Å². The summed E-state index contributed by atoms with van der Waals surface area (Å²) in [6, 6.07) is 0.741. The topological polar surface area (TPSA) is 12.0 Å². The molecule has 1 saturated carbocycles. The Morgan fingerprint density at radius 3 is 2.13 bits per heavy atom. The maximum atomic E-state index is 3.80. The molecule has 1 N–H and O–H groups in total. The lowest BCUT2D eigenvalue weighted by atomic mass is 9.72. The van der Waals surface area contributed by atoms with Gasteiger partial charge in [-0.1, -0.05) is 40.5 Å². The minimum absolute atomic E-state index is 0.614. The van der Waals surface area contributed by atoms with Crippen LogP contribution >= 0.6 is 0 Å². The summed E-state index contributed by atoms with van der Waals surface area (Å²) in [7, 11) is 0. The molecule has 0 aliphatic heterocycles. The fourth-order valence-electron chi connectivity index (χ4n) is 3.42. The fraction of sp³-hybridized carbons (Fsp3) is 1.00. The van der Waals surface area contributed by atoms with Crippen molar-refractivity contribution in [2.45, 2.75) is 72.3 Å². The van der Waals surface area contributed by atoms with E-state index >= 15 is 0 Å². The smallest absolute Gasteiger partial charge is 0.0146 e. The fourth-order valence-corrected chi connectivity index (χ4v) is 3.42. The quantitative estimate of drug-likeness (QED) is 0.700. The zero-order valence-electron chi connectivity index (χ0n) is 11.1. The minimum Gasteiger partial charge on any atom is -0.313 e. The second-order valence-corrected chi connectivity index (χ2v) is 5.60. The van der Waals surface area contributed by atoms with Crippen molar-refractivity contribution in [1.82, 2.24) is 5.32 Å². The van der Waals surface area contributed by atoms with E-state index in [1.165, 1.54) is 45.1 Å². The molecule has 0 amide bonds. The lowest BCUT2D eigenvalue weighted by Gasteiger charge is -2.40. The van der Waals surface area contributed by atoms with Crippen LogP contribution in [0.3, 0.4) is 0 Å². The Morgan fingerprint density at radius 1 is 1.13 bits per heavy atom. The van der Waals surface area contributed by atoms with Gasteiger partial charge in [0.25, 0.3) is 0 Å². The van der Waals surface area contributed by atoms with Crippen molar-refractivity contribution < 1.29 is 0 Å². The van der Waals surface area contributed by atoms with Crippen LogP contribution in [0.25, 0.3) is 0 Å². The molecule has 0 saturated heterocycles. The van der Waals surface area contributed by atoms with E-state index in [4.69, 9.17) is 0 Å². The molecule has 1 atom stereocenters. The van der Waals surface area contributed by atoms with E-state index in [0.717, 1.165) is 12.0 Å². The van der Waals surface area contributed by atoms with Crippen molar-refractivity contribution in [3.8, 4) is 0 Å². The van der Waals surface area contributed by atoms with E-state index in [9.17, 15) is 0 Å². The van der Waals surface area contributed by atoms with Gasteiger partial charge in [-0.15, -0.1) is 0 Å². The summed E-state index contributed by atoms with van der Waals surface area (Å²) < 4.78 is 0. The number of hydrogen-bond donors (Lipinski definition) is 1. The maximum Gasteiger partial charge on any atom is 0.0146 e. The molecule has 0 spiro atoms. The Kier molecular flexibility index (Phi) is 5.11. The van der Waals surface area contributed by atoms with Crippen LogP contribution in [0.1, 0.15) is 66.2 Å². The lowest BCUT2D eigenvalue weighted by Crippen LogP contribution is -2.47. The van der Waals surface area contributed by atoms with Crippen molar-refractivity contribution in [2.75, 3.05) is 6.54 Å². The Morgan fingerprint density at radius 2 is 1.73 bits per heavy atom. The molecule has 1 rings (SSSR count). The molecule has 1 heteroatoms. The Bertz CT molecular complexity index is 168. The second-order valence-electron chi connectivity index (χ2n) is 5.60. The molecule has 15 heavy (non-hydrogen) atoms. The van der Waals surface area contributed by atoms with Gasteiger partial charge in [0.05, 0.1) is 0 Å².